The highest BCUT2D eigenvalue weighted by atomic mass is 127. The molecular weight excluding hydrogens is 527 g/mol. The van der Waals surface area contributed by atoms with Crippen LogP contribution >= 0.6 is 22.6 Å². The first-order valence-corrected chi connectivity index (χ1v) is 10.4. The molecule has 10 nitrogen and oxygen atoms in total. The van der Waals surface area contributed by atoms with Crippen molar-refractivity contribution in [2.45, 2.75) is 58.4 Å². The summed E-state index contributed by atoms with van der Waals surface area (Å²) < 4.78 is 33.6. The minimum Gasteiger partial charge on any atom is -0.463 e. The maximum atomic E-state index is 11.8. The zero-order valence-electron chi connectivity index (χ0n) is 17.4. The number of benzene rings is 1. The minimum atomic E-state index is -1.27. The Morgan fingerprint density at radius 3 is 2.00 bits per heavy atom. The van der Waals surface area contributed by atoms with E-state index in [1.807, 2.05) is 6.07 Å². The molecule has 1 saturated heterocycles. The Morgan fingerprint density at radius 2 is 1.45 bits per heavy atom. The highest BCUT2D eigenvalue weighted by molar-refractivity contribution is 14.1. The Labute approximate surface area is 192 Å². The van der Waals surface area contributed by atoms with Crippen LogP contribution in [0.2, 0.25) is 0 Å². The fraction of sp³-hybridized carbons (Fsp3) is 0.500. The summed E-state index contributed by atoms with van der Waals surface area (Å²) in [4.78, 5) is 46.6. The van der Waals surface area contributed by atoms with E-state index in [-0.39, 0.29) is 6.61 Å². The van der Waals surface area contributed by atoms with Crippen molar-refractivity contribution in [3.8, 4) is 5.75 Å². The Kier molecular flexibility index (Phi) is 9.04. The quantitative estimate of drug-likeness (QED) is 0.282. The summed E-state index contributed by atoms with van der Waals surface area (Å²) in [5, 5.41) is 0. The van der Waals surface area contributed by atoms with E-state index in [1.54, 1.807) is 18.2 Å². The van der Waals surface area contributed by atoms with Gasteiger partial charge in [0.25, 0.3) is 0 Å². The molecule has 0 saturated carbocycles. The van der Waals surface area contributed by atoms with Crippen LogP contribution in [-0.2, 0) is 42.9 Å². The first-order chi connectivity index (χ1) is 14.6. The number of esters is 4. The Morgan fingerprint density at radius 1 is 0.871 bits per heavy atom. The second kappa shape index (κ2) is 11.3. The summed E-state index contributed by atoms with van der Waals surface area (Å²) >= 11 is 2.10. The Hall–Kier alpha value is -2.41. The van der Waals surface area contributed by atoms with E-state index < -0.39 is 54.6 Å². The summed E-state index contributed by atoms with van der Waals surface area (Å²) in [6.07, 6.45) is -6.07. The van der Waals surface area contributed by atoms with Crippen LogP contribution in [0, 0.1) is 3.57 Å². The van der Waals surface area contributed by atoms with Crippen LogP contribution in [0.15, 0.2) is 24.3 Å². The summed E-state index contributed by atoms with van der Waals surface area (Å²) in [5.74, 6) is -2.29. The molecule has 31 heavy (non-hydrogen) atoms. The molecule has 0 spiro atoms. The van der Waals surface area contributed by atoms with Gasteiger partial charge in [-0.05, 0) is 40.8 Å². The van der Waals surface area contributed by atoms with Gasteiger partial charge in [-0.3, -0.25) is 19.2 Å². The summed E-state index contributed by atoms with van der Waals surface area (Å²) in [6, 6.07) is 6.98. The van der Waals surface area contributed by atoms with Crippen LogP contribution in [0.5, 0.6) is 5.75 Å². The second-order valence-corrected chi connectivity index (χ2v) is 7.89. The number of ether oxygens (including phenoxy) is 6. The molecule has 11 heteroatoms. The van der Waals surface area contributed by atoms with Gasteiger partial charge in [0.1, 0.15) is 18.5 Å². The van der Waals surface area contributed by atoms with Crippen LogP contribution in [0.4, 0.5) is 0 Å². The molecule has 0 amide bonds. The third-order valence-corrected chi connectivity index (χ3v) is 4.67. The average Bonchev–Trinajstić information content (AvgIpc) is 2.64. The van der Waals surface area contributed by atoms with E-state index >= 15 is 0 Å². The minimum absolute atomic E-state index is 0.315. The van der Waals surface area contributed by atoms with Gasteiger partial charge in [-0.15, -0.1) is 0 Å². The van der Waals surface area contributed by atoms with Crippen molar-refractivity contribution in [1.82, 2.24) is 0 Å². The fourth-order valence-electron chi connectivity index (χ4n) is 2.96. The Bertz CT molecular complexity index is 826. The van der Waals surface area contributed by atoms with Crippen molar-refractivity contribution >= 4 is 46.5 Å². The van der Waals surface area contributed by atoms with Crippen LogP contribution in [0.25, 0.3) is 0 Å². The Balaban J connectivity index is 2.44. The number of halogens is 1. The molecule has 0 N–H and O–H groups in total. The van der Waals surface area contributed by atoms with Crippen molar-refractivity contribution in [2.24, 2.45) is 0 Å². The van der Waals surface area contributed by atoms with E-state index in [4.69, 9.17) is 28.4 Å². The first-order valence-electron chi connectivity index (χ1n) is 9.29. The molecule has 0 unspecified atom stereocenters. The molecule has 0 aromatic heterocycles. The van der Waals surface area contributed by atoms with E-state index in [0.717, 1.165) is 17.4 Å². The highest BCUT2D eigenvalue weighted by Gasteiger charge is 2.53. The number of carbonyl (C=O) groups excluding carboxylic acids is 4. The largest absolute Gasteiger partial charge is 0.463 e. The molecule has 2 rings (SSSR count). The van der Waals surface area contributed by atoms with Crippen LogP contribution in [0.3, 0.4) is 0 Å². The number of rotatable bonds is 7. The van der Waals surface area contributed by atoms with Gasteiger partial charge >= 0.3 is 23.9 Å². The molecule has 1 aromatic rings. The molecular formula is C20H23IO10. The third-order valence-electron chi connectivity index (χ3n) is 4.00. The summed E-state index contributed by atoms with van der Waals surface area (Å²) in [6.45, 7) is 4.36. The zero-order chi connectivity index (χ0) is 23.1. The lowest BCUT2D eigenvalue weighted by molar-refractivity contribution is -0.288. The molecule has 0 bridgehead atoms. The van der Waals surface area contributed by atoms with Gasteiger partial charge in [-0.1, -0.05) is 6.07 Å². The second-order valence-electron chi connectivity index (χ2n) is 6.64. The van der Waals surface area contributed by atoms with Crippen molar-refractivity contribution in [3.05, 3.63) is 27.8 Å². The molecule has 1 aliphatic heterocycles. The number of carbonyl (C=O) groups is 4. The smallest absolute Gasteiger partial charge is 0.303 e. The highest BCUT2D eigenvalue weighted by Crippen LogP contribution is 2.31. The molecule has 170 valence electrons. The third kappa shape index (κ3) is 7.65. The maximum Gasteiger partial charge on any atom is 0.303 e. The lowest BCUT2D eigenvalue weighted by Crippen LogP contribution is -2.63. The molecule has 1 fully saturated rings. The van der Waals surface area contributed by atoms with Gasteiger partial charge in [0.15, 0.2) is 12.2 Å². The fourth-order valence-corrected chi connectivity index (χ4v) is 3.47. The average molecular weight is 550 g/mol. The zero-order valence-corrected chi connectivity index (χ0v) is 19.5. The molecule has 1 heterocycles. The molecule has 5 atom stereocenters. The van der Waals surface area contributed by atoms with Crippen LogP contribution in [0.1, 0.15) is 27.7 Å². The standard InChI is InChI=1S/C20H23IO10/c1-10(22)26-9-16-17(27-11(2)23)18(28-12(3)24)19(29-13(4)25)20(31-16)30-15-7-5-6-14(21)8-15/h5-8,16-20H,9H2,1-4H3/t16-,17-,18+,19-,20-/m1/s1. The maximum absolute atomic E-state index is 11.8. The lowest BCUT2D eigenvalue weighted by atomic mass is 9.98. The first kappa shape index (κ1) is 24.9. The predicted octanol–water partition coefficient (Wildman–Crippen LogP) is 1.75. The van der Waals surface area contributed by atoms with Crippen LogP contribution < -0.4 is 4.74 Å². The van der Waals surface area contributed by atoms with E-state index in [0.29, 0.717) is 5.75 Å². The number of hydrogen-bond acceptors (Lipinski definition) is 10. The van der Waals surface area contributed by atoms with Crippen molar-refractivity contribution in [2.75, 3.05) is 6.61 Å². The van der Waals surface area contributed by atoms with Gasteiger partial charge < -0.3 is 28.4 Å². The predicted molar refractivity (Wildman–Crippen MR) is 112 cm³/mol. The topological polar surface area (TPSA) is 124 Å². The van der Waals surface area contributed by atoms with Crippen molar-refractivity contribution in [3.63, 3.8) is 0 Å². The molecule has 1 aliphatic rings. The number of hydrogen-bond donors (Lipinski definition) is 0. The molecule has 0 radical (unpaired) electrons. The van der Waals surface area contributed by atoms with Gasteiger partial charge in [0.2, 0.25) is 12.4 Å². The van der Waals surface area contributed by atoms with Gasteiger partial charge in [-0.2, -0.15) is 0 Å². The normalized spacial score (nSPS) is 25.1. The van der Waals surface area contributed by atoms with Crippen LogP contribution in [-0.4, -0.2) is 61.2 Å². The lowest BCUT2D eigenvalue weighted by Gasteiger charge is -2.43. The summed E-state index contributed by atoms with van der Waals surface area (Å²) in [5.41, 5.74) is 0. The van der Waals surface area contributed by atoms with Gasteiger partial charge in [0.05, 0.1) is 0 Å². The van der Waals surface area contributed by atoms with E-state index in [1.165, 1.54) is 13.8 Å². The van der Waals surface area contributed by atoms with E-state index in [2.05, 4.69) is 22.6 Å². The van der Waals surface area contributed by atoms with E-state index in [9.17, 15) is 19.2 Å². The van der Waals surface area contributed by atoms with Crippen molar-refractivity contribution < 1.29 is 47.6 Å². The molecule has 0 aliphatic carbocycles. The summed E-state index contributed by atoms with van der Waals surface area (Å²) in [7, 11) is 0. The van der Waals surface area contributed by atoms with Gasteiger partial charge in [-0.25, -0.2) is 0 Å². The van der Waals surface area contributed by atoms with Crippen molar-refractivity contribution in [1.29, 1.82) is 0 Å². The monoisotopic (exact) mass is 550 g/mol. The SMILES string of the molecule is CC(=O)OC[C@H]1O[C@@H](Oc2cccc(I)c2)[C@H](OC(C)=O)[C@@H](OC(C)=O)[C@@H]1OC(C)=O. The molecule has 1 aromatic carbocycles. The van der Waals surface area contributed by atoms with Gasteiger partial charge in [0, 0.05) is 31.3 Å².